The van der Waals surface area contributed by atoms with Crippen LogP contribution in [0.3, 0.4) is 0 Å². The molecule has 0 aromatic heterocycles. The number of piperidine rings is 1. The molecule has 3 aromatic rings. The lowest BCUT2D eigenvalue weighted by molar-refractivity contribution is -0.160. The quantitative estimate of drug-likeness (QED) is 0.278. The van der Waals surface area contributed by atoms with Crippen LogP contribution in [-0.2, 0) is 19.4 Å². The fraction of sp³-hybridized carbons (Fsp3) is 0.375. The Kier molecular flexibility index (Phi) is 8.25. The number of amides is 1. The third-order valence-corrected chi connectivity index (χ3v) is 10.9. The van der Waals surface area contributed by atoms with Gasteiger partial charge in [0, 0.05) is 22.0 Å². The van der Waals surface area contributed by atoms with Crippen molar-refractivity contribution in [3.8, 4) is 0 Å². The maximum Gasteiger partial charge on any atom is 0.304 e. The summed E-state index contributed by atoms with van der Waals surface area (Å²) in [5, 5.41) is 10.9. The van der Waals surface area contributed by atoms with Crippen LogP contribution in [0.5, 0.6) is 0 Å². The molecule has 1 aliphatic carbocycles. The van der Waals surface area contributed by atoms with Gasteiger partial charge in [0.25, 0.3) is 0 Å². The highest BCUT2D eigenvalue weighted by atomic mass is 35.5. The molecule has 9 heteroatoms. The van der Waals surface area contributed by atoms with Crippen molar-refractivity contribution >= 4 is 44.9 Å². The predicted octanol–water partition coefficient (Wildman–Crippen LogP) is 7.09. The van der Waals surface area contributed by atoms with Gasteiger partial charge in [-0.25, -0.2) is 8.42 Å². The third-order valence-electron chi connectivity index (χ3n) is 8.47. The van der Waals surface area contributed by atoms with E-state index in [2.05, 4.69) is 0 Å². The summed E-state index contributed by atoms with van der Waals surface area (Å²) < 4.78 is 27.8. The van der Waals surface area contributed by atoms with Crippen molar-refractivity contribution in [1.29, 1.82) is 0 Å². The predicted molar refractivity (Wildman–Crippen MR) is 160 cm³/mol. The Balaban J connectivity index is 1.69. The van der Waals surface area contributed by atoms with E-state index in [0.717, 1.165) is 24.0 Å². The second-order valence-corrected chi connectivity index (χ2v) is 14.5. The van der Waals surface area contributed by atoms with Crippen molar-refractivity contribution in [1.82, 2.24) is 4.90 Å². The maximum atomic E-state index is 14.6. The van der Waals surface area contributed by atoms with Gasteiger partial charge in [0.05, 0.1) is 28.5 Å². The zero-order chi connectivity index (χ0) is 29.5. The second kappa shape index (κ2) is 11.4. The van der Waals surface area contributed by atoms with Gasteiger partial charge in [-0.1, -0.05) is 72.6 Å². The molecule has 216 valence electrons. The van der Waals surface area contributed by atoms with Crippen LogP contribution in [0.15, 0.2) is 77.7 Å². The number of rotatable bonds is 9. The van der Waals surface area contributed by atoms with E-state index in [4.69, 9.17) is 23.2 Å². The van der Waals surface area contributed by atoms with Crippen molar-refractivity contribution in [2.45, 2.75) is 62.4 Å². The number of likely N-dealkylation sites (tertiary alicyclic amines) is 1. The molecular weight excluding hydrogens is 581 g/mol. The fourth-order valence-corrected chi connectivity index (χ4v) is 8.62. The largest absolute Gasteiger partial charge is 0.481 e. The Morgan fingerprint density at radius 1 is 1.00 bits per heavy atom. The number of benzene rings is 3. The highest BCUT2D eigenvalue weighted by Gasteiger charge is 2.55. The molecule has 0 bridgehead atoms. The van der Waals surface area contributed by atoms with Crippen molar-refractivity contribution < 1.29 is 23.1 Å². The molecule has 1 amide bonds. The van der Waals surface area contributed by atoms with Gasteiger partial charge in [0.2, 0.25) is 5.91 Å². The zero-order valence-electron chi connectivity index (χ0n) is 23.0. The second-order valence-electron chi connectivity index (χ2n) is 11.7. The van der Waals surface area contributed by atoms with Crippen molar-refractivity contribution in [2.75, 3.05) is 5.75 Å². The van der Waals surface area contributed by atoms with Gasteiger partial charge in [-0.15, -0.1) is 0 Å². The summed E-state index contributed by atoms with van der Waals surface area (Å²) in [5.74, 6) is -2.01. The summed E-state index contributed by atoms with van der Waals surface area (Å²) in [6.07, 6.45) is 1.49. The van der Waals surface area contributed by atoms with Gasteiger partial charge < -0.3 is 10.0 Å². The number of hydrogen-bond acceptors (Lipinski definition) is 4. The molecule has 4 atom stereocenters. The number of sulfone groups is 1. The first-order valence-electron chi connectivity index (χ1n) is 13.7. The van der Waals surface area contributed by atoms with Gasteiger partial charge in [0.15, 0.2) is 9.84 Å². The van der Waals surface area contributed by atoms with Crippen molar-refractivity contribution in [2.24, 2.45) is 11.3 Å². The minimum absolute atomic E-state index is 0.0141. The number of halogens is 2. The Morgan fingerprint density at radius 3 is 2.29 bits per heavy atom. The lowest BCUT2D eigenvalue weighted by Crippen LogP contribution is -2.58. The summed E-state index contributed by atoms with van der Waals surface area (Å²) >= 11 is 12.7. The first kappa shape index (κ1) is 29.6. The number of carboxylic acid groups (broad SMARTS) is 1. The molecule has 3 aromatic carbocycles. The average Bonchev–Trinajstić information content (AvgIpc) is 3.75. The van der Waals surface area contributed by atoms with Crippen LogP contribution in [0.2, 0.25) is 10.0 Å². The molecule has 1 N–H and O–H groups in total. The number of hydrogen-bond donors (Lipinski definition) is 1. The van der Waals surface area contributed by atoms with Crippen LogP contribution in [-0.4, -0.2) is 42.1 Å². The summed E-state index contributed by atoms with van der Waals surface area (Å²) in [6, 6.07) is 20.3. The topological polar surface area (TPSA) is 91.8 Å². The summed E-state index contributed by atoms with van der Waals surface area (Å²) in [5.41, 5.74) is 1.07. The van der Waals surface area contributed by atoms with E-state index in [1.165, 1.54) is 0 Å². The van der Waals surface area contributed by atoms with E-state index in [1.807, 2.05) is 30.3 Å². The Morgan fingerprint density at radius 2 is 1.68 bits per heavy atom. The van der Waals surface area contributed by atoms with E-state index in [9.17, 15) is 23.1 Å². The Labute approximate surface area is 251 Å². The SMILES string of the molecule is Cc1ccccc1S(=O)(=O)CC(C1CC1)N1C(=O)[C@@](C)(CC(=O)O)C[C@H](c2cccc(Cl)c2)[C@H]1c1ccc(Cl)cc1. The first-order valence-corrected chi connectivity index (χ1v) is 16.1. The normalized spacial score (nSPS) is 23.8. The average molecular weight is 615 g/mol. The lowest BCUT2D eigenvalue weighted by Gasteiger charge is -2.52. The minimum atomic E-state index is -3.78. The molecule has 1 unspecified atom stereocenters. The molecule has 2 aliphatic rings. The minimum Gasteiger partial charge on any atom is -0.481 e. The molecule has 1 saturated carbocycles. The van der Waals surface area contributed by atoms with Gasteiger partial charge in [-0.2, -0.15) is 0 Å². The van der Waals surface area contributed by atoms with Gasteiger partial charge in [-0.05, 0) is 79.1 Å². The maximum absolute atomic E-state index is 14.6. The molecule has 6 nitrogen and oxygen atoms in total. The number of aryl methyl sites for hydroxylation is 1. The van der Waals surface area contributed by atoms with Crippen LogP contribution in [0.25, 0.3) is 0 Å². The van der Waals surface area contributed by atoms with E-state index in [-0.39, 0.29) is 41.2 Å². The number of carboxylic acids is 1. The molecular formula is C32H33Cl2NO5S. The van der Waals surface area contributed by atoms with E-state index >= 15 is 0 Å². The molecule has 1 heterocycles. The Hall–Kier alpha value is -2.87. The van der Waals surface area contributed by atoms with Gasteiger partial charge in [0.1, 0.15) is 0 Å². The fourth-order valence-electron chi connectivity index (χ4n) is 6.39. The summed E-state index contributed by atoms with van der Waals surface area (Å²) in [4.78, 5) is 28.6. The zero-order valence-corrected chi connectivity index (χ0v) is 25.3. The molecule has 0 spiro atoms. The number of carbonyl (C=O) groups excluding carboxylic acids is 1. The smallest absolute Gasteiger partial charge is 0.304 e. The van der Waals surface area contributed by atoms with E-state index in [1.54, 1.807) is 61.2 Å². The van der Waals surface area contributed by atoms with Crippen LogP contribution in [0.1, 0.15) is 61.3 Å². The third kappa shape index (κ3) is 6.18. The molecule has 1 aliphatic heterocycles. The Bertz CT molecular complexity index is 1570. The highest BCUT2D eigenvalue weighted by molar-refractivity contribution is 7.91. The number of aliphatic carboxylic acids is 1. The van der Waals surface area contributed by atoms with Crippen molar-refractivity contribution in [3.05, 3.63) is 99.5 Å². The van der Waals surface area contributed by atoms with Crippen LogP contribution in [0, 0.1) is 18.3 Å². The molecule has 41 heavy (non-hydrogen) atoms. The van der Waals surface area contributed by atoms with Gasteiger partial charge in [-0.3, -0.25) is 9.59 Å². The lowest BCUT2D eigenvalue weighted by atomic mass is 9.67. The summed E-state index contributed by atoms with van der Waals surface area (Å²) in [7, 11) is -3.78. The number of carbonyl (C=O) groups is 2. The highest BCUT2D eigenvalue weighted by Crippen LogP contribution is 2.54. The molecule has 0 radical (unpaired) electrons. The van der Waals surface area contributed by atoms with E-state index in [0.29, 0.717) is 15.6 Å². The van der Waals surface area contributed by atoms with Gasteiger partial charge >= 0.3 is 5.97 Å². The van der Waals surface area contributed by atoms with Crippen molar-refractivity contribution in [3.63, 3.8) is 0 Å². The van der Waals surface area contributed by atoms with Crippen LogP contribution < -0.4 is 0 Å². The molecule has 2 fully saturated rings. The molecule has 5 rings (SSSR count). The first-order chi connectivity index (χ1) is 19.4. The van der Waals surface area contributed by atoms with E-state index < -0.39 is 33.3 Å². The standard InChI is InChI=1S/C32H33Cl2NO5S/c1-20-6-3-4-9-28(20)41(39,40)19-27(21-10-11-21)35-30(22-12-14-24(33)15-13-22)26(23-7-5-8-25(34)16-23)17-32(2,31(35)38)18-29(36)37/h3-9,12-16,21,26-27,30H,10-11,17-19H2,1-2H3,(H,36,37)/t26-,27?,30-,32-/m1/s1. The summed E-state index contributed by atoms with van der Waals surface area (Å²) in [6.45, 7) is 3.45. The monoisotopic (exact) mass is 613 g/mol. The number of nitrogens with zero attached hydrogens (tertiary/aromatic N) is 1. The molecule has 1 saturated heterocycles. The van der Waals surface area contributed by atoms with Crippen LogP contribution >= 0.6 is 23.2 Å². The van der Waals surface area contributed by atoms with Crippen LogP contribution in [0.4, 0.5) is 0 Å².